The second-order valence-corrected chi connectivity index (χ2v) is 9.19. The number of nitrogens with zero attached hydrogens (tertiary/aromatic N) is 2. The molecule has 0 saturated heterocycles. The third-order valence-electron chi connectivity index (χ3n) is 6.50. The average molecular weight is 557 g/mol. The van der Waals surface area contributed by atoms with Crippen molar-refractivity contribution in [3.63, 3.8) is 0 Å². The van der Waals surface area contributed by atoms with Crippen LogP contribution in [0, 0.1) is 6.92 Å². The summed E-state index contributed by atoms with van der Waals surface area (Å²) < 4.78 is 0. The van der Waals surface area contributed by atoms with Gasteiger partial charge in [-0.15, -0.1) is 11.5 Å². The molecule has 4 nitrogen and oxygen atoms in total. The summed E-state index contributed by atoms with van der Waals surface area (Å²) in [7, 11) is 0. The van der Waals surface area contributed by atoms with Gasteiger partial charge < -0.3 is 10.2 Å². The Morgan fingerprint density at radius 1 is 0.737 bits per heavy atom. The van der Waals surface area contributed by atoms with E-state index in [-0.39, 0.29) is 16.5 Å². The molecule has 0 aliphatic heterocycles. The summed E-state index contributed by atoms with van der Waals surface area (Å²) in [4.78, 5) is 9.70. The second-order valence-electron chi connectivity index (χ2n) is 9.19. The molecule has 3 aromatic carbocycles. The normalized spacial score (nSPS) is 11.2. The van der Waals surface area contributed by atoms with E-state index in [4.69, 9.17) is 9.98 Å². The summed E-state index contributed by atoms with van der Waals surface area (Å²) in [5, 5.41) is 21.2. The standard InChI is InChI=1S/C26H36N2.C7H8O2.Ni/c1-6-11-12-26(28-25-16-14-21(8-3)23(10-5)18-25)19-27-24-15-13-20(7-2)22(9-4)17-24;1-5-3-2-4-6(8)7(5)9;/h13-19H,6-12H2,1-5H3;2-4,8-9H,1H3;/q;;+2/p-2. The van der Waals surface area contributed by atoms with Crippen LogP contribution in [0.3, 0.4) is 0 Å². The van der Waals surface area contributed by atoms with E-state index in [1.54, 1.807) is 19.1 Å². The van der Waals surface area contributed by atoms with Crippen LogP contribution in [0.4, 0.5) is 11.4 Å². The number of benzene rings is 3. The molecule has 0 aliphatic carbocycles. The van der Waals surface area contributed by atoms with E-state index in [1.807, 2.05) is 6.21 Å². The Morgan fingerprint density at radius 2 is 1.29 bits per heavy atom. The van der Waals surface area contributed by atoms with Crippen molar-refractivity contribution in [1.29, 1.82) is 0 Å². The predicted molar refractivity (Wildman–Crippen MR) is 155 cm³/mol. The Labute approximate surface area is 239 Å². The molecule has 0 aliphatic rings. The molecular formula is C33H42N2NiO2. The number of unbranched alkanes of at least 4 members (excludes halogenated alkanes) is 1. The van der Waals surface area contributed by atoms with Gasteiger partial charge in [0.15, 0.2) is 0 Å². The molecular weight excluding hydrogens is 515 g/mol. The van der Waals surface area contributed by atoms with Crippen LogP contribution >= 0.6 is 0 Å². The fourth-order valence-corrected chi connectivity index (χ4v) is 4.17. The Morgan fingerprint density at radius 3 is 1.79 bits per heavy atom. The van der Waals surface area contributed by atoms with Crippen molar-refractivity contribution >= 4 is 23.3 Å². The van der Waals surface area contributed by atoms with Gasteiger partial charge in [0.2, 0.25) is 0 Å². The first-order valence-corrected chi connectivity index (χ1v) is 13.6. The number of hydrogen-bond acceptors (Lipinski definition) is 4. The quantitative estimate of drug-likeness (QED) is 0.189. The van der Waals surface area contributed by atoms with Crippen LogP contribution in [-0.4, -0.2) is 11.9 Å². The fourth-order valence-electron chi connectivity index (χ4n) is 4.17. The molecule has 0 saturated carbocycles. The van der Waals surface area contributed by atoms with Gasteiger partial charge in [-0.1, -0.05) is 76.9 Å². The second kappa shape index (κ2) is 17.6. The van der Waals surface area contributed by atoms with Gasteiger partial charge in [0.1, 0.15) is 0 Å². The number of hydrogen-bond donors (Lipinski definition) is 0. The van der Waals surface area contributed by atoms with E-state index < -0.39 is 11.5 Å². The predicted octanol–water partition coefficient (Wildman–Crippen LogP) is 7.74. The third kappa shape index (κ3) is 10.1. The Balaban J connectivity index is 0.000000610. The van der Waals surface area contributed by atoms with Gasteiger partial charge in [0.05, 0.1) is 17.1 Å². The van der Waals surface area contributed by atoms with Crippen LogP contribution in [0.2, 0.25) is 0 Å². The molecule has 0 unspecified atom stereocenters. The van der Waals surface area contributed by atoms with Crippen molar-refractivity contribution in [2.75, 3.05) is 0 Å². The van der Waals surface area contributed by atoms with E-state index in [2.05, 4.69) is 71.0 Å². The van der Waals surface area contributed by atoms with Crippen molar-refractivity contribution in [2.24, 2.45) is 9.98 Å². The molecule has 38 heavy (non-hydrogen) atoms. The van der Waals surface area contributed by atoms with Crippen molar-refractivity contribution in [3.05, 3.63) is 82.4 Å². The molecule has 3 rings (SSSR count). The molecule has 0 amide bonds. The number of aryl methyl sites for hydroxylation is 5. The molecule has 0 heterocycles. The maximum absolute atomic E-state index is 10.7. The maximum Gasteiger partial charge on any atom is 2.00 e. The first kappa shape index (κ1) is 33.1. The van der Waals surface area contributed by atoms with Crippen LogP contribution in [0.15, 0.2) is 64.6 Å². The zero-order valence-corrected chi connectivity index (χ0v) is 24.7. The van der Waals surface area contributed by atoms with Gasteiger partial charge in [0, 0.05) is 6.21 Å². The van der Waals surface area contributed by atoms with Crippen LogP contribution in [0.25, 0.3) is 0 Å². The van der Waals surface area contributed by atoms with Gasteiger partial charge >= 0.3 is 16.5 Å². The monoisotopic (exact) mass is 556 g/mol. The van der Waals surface area contributed by atoms with Crippen LogP contribution < -0.4 is 10.2 Å². The summed E-state index contributed by atoms with van der Waals surface area (Å²) in [6.45, 7) is 12.7. The van der Waals surface area contributed by atoms with Crippen molar-refractivity contribution in [1.82, 2.24) is 0 Å². The smallest absolute Gasteiger partial charge is 0.873 e. The van der Waals surface area contributed by atoms with Gasteiger partial charge in [-0.25, -0.2) is 0 Å². The summed E-state index contributed by atoms with van der Waals surface area (Å²) in [6, 6.07) is 17.6. The number of para-hydroxylation sites is 1. The molecule has 5 heteroatoms. The minimum absolute atomic E-state index is 0. The molecule has 3 aromatic rings. The molecule has 0 fully saturated rings. The SMILES string of the molecule is CCCCC(C=Nc1ccc(CC)c(CC)c1)=Nc1ccc(CC)c(CC)c1.Cc1cccc([O-])c1[O-].[Ni+2]. The van der Waals surface area contributed by atoms with Crippen LogP contribution in [0.5, 0.6) is 11.5 Å². The average Bonchev–Trinajstić information content (AvgIpc) is 2.93. The topological polar surface area (TPSA) is 70.8 Å². The maximum atomic E-state index is 10.7. The molecule has 206 valence electrons. The zero-order chi connectivity index (χ0) is 27.2. The van der Waals surface area contributed by atoms with Crippen molar-refractivity contribution < 1.29 is 26.7 Å². The van der Waals surface area contributed by atoms with Crippen LogP contribution in [-0.2, 0) is 42.2 Å². The van der Waals surface area contributed by atoms with E-state index in [9.17, 15) is 10.2 Å². The molecule has 0 radical (unpaired) electrons. The van der Waals surface area contributed by atoms with E-state index in [0.29, 0.717) is 5.56 Å². The van der Waals surface area contributed by atoms with E-state index in [1.165, 1.54) is 28.3 Å². The molecule has 0 aromatic heterocycles. The minimum Gasteiger partial charge on any atom is -0.873 e. The Kier molecular flexibility index (Phi) is 15.3. The largest absolute Gasteiger partial charge is 2.00 e. The van der Waals surface area contributed by atoms with E-state index >= 15 is 0 Å². The Hall–Kier alpha value is -2.91. The summed E-state index contributed by atoms with van der Waals surface area (Å²) in [5.41, 5.74) is 9.28. The minimum atomic E-state index is -0.421. The molecule has 0 spiro atoms. The fraction of sp³-hybridized carbons (Fsp3) is 0.394. The van der Waals surface area contributed by atoms with Gasteiger partial charge in [-0.3, -0.25) is 9.98 Å². The Bertz CT molecular complexity index is 1180. The molecule has 0 N–H and O–H groups in total. The van der Waals surface area contributed by atoms with Crippen molar-refractivity contribution in [3.8, 4) is 11.5 Å². The first-order chi connectivity index (χ1) is 17.9. The zero-order valence-electron chi connectivity index (χ0n) is 23.8. The number of aliphatic imine (C=N–C) groups is 2. The molecule has 0 atom stereocenters. The van der Waals surface area contributed by atoms with Gasteiger partial charge in [0.25, 0.3) is 0 Å². The van der Waals surface area contributed by atoms with Crippen LogP contribution in [0.1, 0.15) is 81.7 Å². The molecule has 0 bridgehead atoms. The van der Waals surface area contributed by atoms with Gasteiger partial charge in [-0.05, 0) is 92.0 Å². The van der Waals surface area contributed by atoms with Crippen molar-refractivity contribution in [2.45, 2.75) is 86.5 Å². The number of rotatable bonds is 10. The summed E-state index contributed by atoms with van der Waals surface area (Å²) >= 11 is 0. The van der Waals surface area contributed by atoms with Gasteiger partial charge in [-0.2, -0.15) is 0 Å². The summed E-state index contributed by atoms with van der Waals surface area (Å²) in [5.74, 6) is -0.812. The first-order valence-electron chi connectivity index (χ1n) is 13.6. The summed E-state index contributed by atoms with van der Waals surface area (Å²) in [6.07, 6.45) is 9.47. The van der Waals surface area contributed by atoms with E-state index in [0.717, 1.165) is 62.0 Å². The third-order valence-corrected chi connectivity index (χ3v) is 6.50.